The Kier molecular flexibility index (Phi) is 78.0. The van der Waals surface area contributed by atoms with Crippen LogP contribution in [0.1, 0.15) is 219 Å². The van der Waals surface area contributed by atoms with E-state index in [9.17, 15) is 62.6 Å². The van der Waals surface area contributed by atoms with E-state index in [4.69, 9.17) is 97.6 Å². The second-order valence-corrected chi connectivity index (χ2v) is 32.2. The number of thiol groups is 1. The van der Waals surface area contributed by atoms with E-state index >= 15 is 0 Å². The fourth-order valence-corrected chi connectivity index (χ4v) is 12.9. The van der Waals surface area contributed by atoms with Gasteiger partial charge < -0.3 is 139 Å². The number of hydrogen-bond acceptors (Lipinski definition) is 33. The number of aliphatic carboxylic acids is 1. The molecule has 1 aromatic carbocycles. The average Bonchev–Trinajstić information content (AvgIpc) is 1.42. The van der Waals surface area contributed by atoms with Crippen LogP contribution in [0.25, 0.3) is 0 Å². The summed E-state index contributed by atoms with van der Waals surface area (Å²) in [5.41, 5.74) is 6.94. The summed E-state index contributed by atoms with van der Waals surface area (Å²) in [6, 6.07) is 4.53. The third-order valence-electron chi connectivity index (χ3n) is 21.2. The number of carbonyl (C=O) groups is 12. The van der Waals surface area contributed by atoms with Gasteiger partial charge in [-0.05, 0) is 94.4 Å². The molecule has 0 bridgehead atoms. The van der Waals surface area contributed by atoms with Gasteiger partial charge in [-0.25, -0.2) is 4.79 Å². The fraction of sp³-hybridized carbons (Fsp3) is 0.802. The van der Waals surface area contributed by atoms with Gasteiger partial charge in [0.1, 0.15) is 37.9 Å². The molecule has 1 saturated heterocycles. The number of likely N-dealkylation sites (tertiary alicyclic amines) is 1. The van der Waals surface area contributed by atoms with E-state index in [2.05, 4.69) is 39.2 Å². The molecule has 9 unspecified atom stereocenters. The van der Waals surface area contributed by atoms with Gasteiger partial charge in [-0.2, -0.15) is 12.6 Å². The van der Waals surface area contributed by atoms with Crippen molar-refractivity contribution in [3.8, 4) is 0 Å². The first-order valence-electron chi connectivity index (χ1n) is 45.0. The van der Waals surface area contributed by atoms with E-state index in [0.717, 1.165) is 5.56 Å². The topological polar surface area (TPSA) is 548 Å². The Morgan fingerprint density at radius 1 is 0.523 bits per heavy atom. The average molecular weight is 1920 g/mol. The smallest absolute Gasteiger partial charge is 0.328 e. The number of aliphatic hydroxyl groups is 5. The van der Waals surface area contributed by atoms with Crippen LogP contribution in [0.4, 0.5) is 0 Å². The van der Waals surface area contributed by atoms with Crippen LogP contribution in [0.5, 0.6) is 0 Å². The molecule has 0 aliphatic carbocycles. The summed E-state index contributed by atoms with van der Waals surface area (Å²) < 4.78 is 73.8. The predicted molar refractivity (Wildman–Crippen MR) is 496 cm³/mol. The standard InChI is InChI=1S/C56H95N7O15.C14H27NO6S.C12H22O7.C7H16O4.2CH4/c1-14-36(7)50(62(10)55(71)49(35(5)6)61-54(70)48(57)34(3)4)43(73-11)31-45(66)63-28-20-24-42(63)51(75-13)37(8)52(68)60-41(30-39-22-17-16-18-23-39)53(69)58-27-21-29-76-56(72)38(9)59-44(65)25-19-26-46(67)77-33-47(74-12)78-40(15-2)32-64;1-3-11(9-16)21-14(19-2)10-20-13(18)6-4-5-12(17)15-7-8-22;1-3-9(7-13)19-12(17-2)8-18-11(16)6-4-5-10(14)15;1-3-6(4-8)11-7(5-9)10-2;;/h16-18,22-23,34-38,40-43,47-51,64H,14-15,19-21,24-33,57H2,1-13H3,(H,58,69)(H,59,65)(H,60,68)(H,61,70);11,14,16,22H,3-10H2,1-2H3,(H,15,17);9,12-13H,3-8H2,1-2H3,(H,14,15);6-9H,3-5H2,1-2H3;2*1H4/t36-,37+,38?,40?,41-,42-,43+,47?,48-,49-,50-,51+;;;;;/m0...../s1. The zero-order valence-corrected chi connectivity index (χ0v) is 81.2. The van der Waals surface area contributed by atoms with Gasteiger partial charge in [-0.3, -0.25) is 52.7 Å². The molecule has 13 N–H and O–H groups in total. The van der Waals surface area contributed by atoms with Gasteiger partial charge >= 0.3 is 29.8 Å². The highest BCUT2D eigenvalue weighted by Crippen LogP contribution is 2.30. The minimum Gasteiger partial charge on any atom is -0.481 e. The Bertz CT molecular complexity index is 3240. The Hall–Kier alpha value is -7.43. The van der Waals surface area contributed by atoms with Gasteiger partial charge in [0.15, 0.2) is 25.2 Å². The molecule has 2 rings (SSSR count). The normalized spacial score (nSPS) is 16.1. The van der Waals surface area contributed by atoms with Gasteiger partial charge in [-0.15, -0.1) is 0 Å². The highest BCUT2D eigenvalue weighted by atomic mass is 32.1. The summed E-state index contributed by atoms with van der Waals surface area (Å²) in [4.78, 5) is 155. The number of hydrogen-bond donors (Lipinski definition) is 13. The molecule has 40 nitrogen and oxygen atoms in total. The third kappa shape index (κ3) is 56.2. The van der Waals surface area contributed by atoms with Crippen molar-refractivity contribution in [1.29, 1.82) is 0 Å². The first-order chi connectivity index (χ1) is 61.9. The molecule has 0 spiro atoms. The minimum atomic E-state index is -1.00. The Labute approximate surface area is 789 Å². The molecular formula is C91H168N8O32S. The number of carboxylic acids is 1. The van der Waals surface area contributed by atoms with Crippen LogP contribution in [-0.2, 0) is 130 Å². The molecule has 1 aliphatic rings. The number of amides is 7. The van der Waals surface area contributed by atoms with Crippen molar-refractivity contribution in [2.45, 2.75) is 318 Å². The lowest BCUT2D eigenvalue weighted by atomic mass is 9.89. The van der Waals surface area contributed by atoms with Crippen molar-refractivity contribution in [3.05, 3.63) is 35.9 Å². The molecule has 7 amide bonds. The van der Waals surface area contributed by atoms with E-state index < -0.39 is 139 Å². The fourth-order valence-electron chi connectivity index (χ4n) is 12.8. The van der Waals surface area contributed by atoms with Crippen LogP contribution in [0.2, 0.25) is 0 Å². The summed E-state index contributed by atoms with van der Waals surface area (Å²) in [5, 5.41) is 66.9. The van der Waals surface area contributed by atoms with E-state index in [1.165, 1.54) is 49.6 Å². The number of ether oxygens (including phenoxy) is 14. The van der Waals surface area contributed by atoms with Gasteiger partial charge in [0, 0.05) is 120 Å². The molecule has 1 fully saturated rings. The number of nitrogens with two attached hydrogens (primary N) is 1. The maximum atomic E-state index is 14.4. The molecular weight excluding hydrogens is 1750 g/mol. The lowest BCUT2D eigenvalue weighted by Gasteiger charge is -2.41. The maximum absolute atomic E-state index is 14.4. The van der Waals surface area contributed by atoms with Gasteiger partial charge in [0.2, 0.25) is 41.4 Å². The summed E-state index contributed by atoms with van der Waals surface area (Å²) >= 11 is 3.98. The second kappa shape index (κ2) is 78.7. The van der Waals surface area contributed by atoms with Crippen LogP contribution in [0, 0.1) is 23.7 Å². The first-order valence-corrected chi connectivity index (χ1v) is 45.6. The molecule has 0 aromatic heterocycles. The highest BCUT2D eigenvalue weighted by molar-refractivity contribution is 7.80. The zero-order valence-electron chi connectivity index (χ0n) is 80.3. The maximum Gasteiger partial charge on any atom is 0.328 e. The quantitative estimate of drug-likeness (QED) is 0.0136. The molecule has 1 aromatic rings. The lowest BCUT2D eigenvalue weighted by molar-refractivity contribution is -0.194. The molecule has 1 aliphatic heterocycles. The highest BCUT2D eigenvalue weighted by Gasteiger charge is 2.44. The van der Waals surface area contributed by atoms with Crippen molar-refractivity contribution < 1.29 is 154 Å². The molecule has 0 saturated carbocycles. The first kappa shape index (κ1) is 131. The number of methoxy groups -OCH3 is 6. The van der Waals surface area contributed by atoms with Crippen LogP contribution < -0.4 is 32.3 Å². The van der Waals surface area contributed by atoms with Crippen molar-refractivity contribution in [3.63, 3.8) is 0 Å². The van der Waals surface area contributed by atoms with E-state index in [-0.39, 0.29) is 205 Å². The van der Waals surface area contributed by atoms with Gasteiger partial charge in [0.25, 0.3) is 0 Å². The number of carboxylic acid groups (broad SMARTS) is 1. The summed E-state index contributed by atoms with van der Waals surface area (Å²) in [5.74, 6) is -6.28. The number of aliphatic hydroxyl groups excluding tert-OH is 5. The van der Waals surface area contributed by atoms with Gasteiger partial charge in [-0.1, -0.05) is 128 Å². The summed E-state index contributed by atoms with van der Waals surface area (Å²) in [6.07, 6.45) is 0.0393. The van der Waals surface area contributed by atoms with Crippen molar-refractivity contribution in [2.75, 3.05) is 135 Å². The van der Waals surface area contributed by atoms with Crippen molar-refractivity contribution in [2.24, 2.45) is 29.4 Å². The molecule has 1 heterocycles. The number of rotatable bonds is 67. The van der Waals surface area contributed by atoms with Gasteiger partial charge in [0.05, 0.1) is 107 Å². The Morgan fingerprint density at radius 3 is 1.39 bits per heavy atom. The lowest BCUT2D eigenvalue weighted by Crippen LogP contribution is -2.59. The Morgan fingerprint density at radius 2 is 0.985 bits per heavy atom. The number of nitrogens with one attached hydrogen (secondary N) is 5. The summed E-state index contributed by atoms with van der Waals surface area (Å²) in [6.45, 7) is 21.9. The molecule has 41 heteroatoms. The minimum absolute atomic E-state index is 0. The number of likely N-dealkylation sites (N-methyl/N-ethyl adjacent to an activating group) is 1. The number of esters is 4. The molecule has 18 atom stereocenters. The Balaban J connectivity index is -0.00000121. The van der Waals surface area contributed by atoms with E-state index in [0.29, 0.717) is 70.2 Å². The number of carbonyl (C=O) groups excluding carboxylic acids is 11. The number of nitrogens with zero attached hydrogens (tertiary/aromatic N) is 2. The van der Waals surface area contributed by atoms with Crippen LogP contribution in [-0.4, -0.2) is 344 Å². The second-order valence-electron chi connectivity index (χ2n) is 31.8. The van der Waals surface area contributed by atoms with Crippen LogP contribution in [0.15, 0.2) is 30.3 Å². The predicted octanol–water partition coefficient (Wildman–Crippen LogP) is 4.85. The largest absolute Gasteiger partial charge is 0.481 e. The van der Waals surface area contributed by atoms with Crippen LogP contribution in [0.3, 0.4) is 0 Å². The van der Waals surface area contributed by atoms with Crippen molar-refractivity contribution >= 4 is 83.8 Å². The summed E-state index contributed by atoms with van der Waals surface area (Å²) in [7, 11) is 10.4. The molecule has 770 valence electrons. The zero-order chi connectivity index (χ0) is 98.8. The number of benzene rings is 1. The third-order valence-corrected chi connectivity index (χ3v) is 21.4. The van der Waals surface area contributed by atoms with E-state index in [1.807, 2.05) is 99.6 Å². The van der Waals surface area contributed by atoms with Crippen LogP contribution >= 0.6 is 12.6 Å². The van der Waals surface area contributed by atoms with Crippen molar-refractivity contribution in [1.82, 2.24) is 36.4 Å². The molecule has 0 radical (unpaired) electrons. The SMILES string of the molecule is C.C.CCC(CO)OC(CO)OC.CCC(CO)OC(COC(=O)CCCC(=O)NC(C)C(=O)OCCCNC(=O)[C@H](Cc1ccccc1)NC(=O)[C@H](C)[C@@H](OC)[C@@H]1CCCN1C(=O)C[C@@H](OC)[C@H]([C@@H](C)CC)N(C)C(=O)[C@@H](NC(=O)[C@@H](N)C(C)C)C(C)C)OC.CCC(CO)OC(COC(=O)CCCC(=O)NCCS)OC.CCC(CO)OC(COC(=O)CCCC(=O)O)OC. The van der Waals surface area contributed by atoms with E-state index in [1.54, 1.807) is 23.8 Å². The monoisotopic (exact) mass is 1920 g/mol. The molecule has 132 heavy (non-hydrogen) atoms.